The highest BCUT2D eigenvalue weighted by Gasteiger charge is 2.04. The number of hydrazine groups is 1. The van der Waals surface area contributed by atoms with Gasteiger partial charge in [0.1, 0.15) is 5.75 Å². The molecule has 3 N–H and O–H groups in total. The summed E-state index contributed by atoms with van der Waals surface area (Å²) in [6.07, 6.45) is 0. The highest BCUT2D eigenvalue weighted by atomic mass is 79.9. The molecule has 0 bridgehead atoms. The van der Waals surface area contributed by atoms with Crippen molar-refractivity contribution in [3.63, 3.8) is 0 Å². The number of halogens is 2. The fourth-order valence-electron chi connectivity index (χ4n) is 1.03. The van der Waals surface area contributed by atoms with E-state index < -0.39 is 0 Å². The summed E-state index contributed by atoms with van der Waals surface area (Å²) in [5, 5.41) is 0. The lowest BCUT2D eigenvalue weighted by Crippen LogP contribution is -2.21. The van der Waals surface area contributed by atoms with Gasteiger partial charge < -0.3 is 4.74 Å². The lowest BCUT2D eigenvalue weighted by molar-refractivity contribution is 0.405. The Balaban J connectivity index is 0.00000144. The minimum Gasteiger partial charge on any atom is -0.495 e. The SMILES string of the molecule is COc1c(Br)cccc1CNN.Cl. The maximum absolute atomic E-state index is 5.21. The van der Waals surface area contributed by atoms with Gasteiger partial charge in [0, 0.05) is 12.1 Å². The van der Waals surface area contributed by atoms with Crippen LogP contribution < -0.4 is 16.0 Å². The van der Waals surface area contributed by atoms with Gasteiger partial charge >= 0.3 is 0 Å². The van der Waals surface area contributed by atoms with Gasteiger partial charge in [0.15, 0.2) is 0 Å². The molecule has 0 saturated heterocycles. The lowest BCUT2D eigenvalue weighted by Gasteiger charge is -2.08. The van der Waals surface area contributed by atoms with Crippen molar-refractivity contribution in [2.45, 2.75) is 6.54 Å². The number of ether oxygens (including phenoxy) is 1. The highest BCUT2D eigenvalue weighted by molar-refractivity contribution is 9.10. The van der Waals surface area contributed by atoms with E-state index in [0.717, 1.165) is 15.8 Å². The second-order valence-corrected chi connectivity index (χ2v) is 3.17. The normalized spacial score (nSPS) is 9.15. The summed E-state index contributed by atoms with van der Waals surface area (Å²) in [7, 11) is 1.64. The first-order chi connectivity index (χ1) is 5.79. The van der Waals surface area contributed by atoms with Crippen LogP contribution in [-0.4, -0.2) is 7.11 Å². The number of nitrogens with one attached hydrogen (secondary N) is 1. The van der Waals surface area contributed by atoms with Crippen LogP contribution in [0.4, 0.5) is 0 Å². The number of nitrogens with two attached hydrogens (primary N) is 1. The molecule has 3 nitrogen and oxygen atoms in total. The second-order valence-electron chi connectivity index (χ2n) is 2.31. The van der Waals surface area contributed by atoms with Crippen LogP contribution in [0.25, 0.3) is 0 Å². The van der Waals surface area contributed by atoms with Crippen molar-refractivity contribution in [1.29, 1.82) is 0 Å². The highest BCUT2D eigenvalue weighted by Crippen LogP contribution is 2.28. The van der Waals surface area contributed by atoms with Crippen LogP contribution in [0.1, 0.15) is 5.56 Å². The van der Waals surface area contributed by atoms with Crippen LogP contribution in [0.5, 0.6) is 5.75 Å². The van der Waals surface area contributed by atoms with Gasteiger partial charge in [-0.3, -0.25) is 11.3 Å². The predicted molar refractivity (Wildman–Crippen MR) is 59.0 cm³/mol. The van der Waals surface area contributed by atoms with Gasteiger partial charge in [-0.1, -0.05) is 12.1 Å². The van der Waals surface area contributed by atoms with Gasteiger partial charge in [-0.15, -0.1) is 12.4 Å². The average Bonchev–Trinajstić information content (AvgIpc) is 2.05. The molecule has 0 fully saturated rings. The Morgan fingerprint density at radius 1 is 1.54 bits per heavy atom. The lowest BCUT2D eigenvalue weighted by atomic mass is 10.2. The van der Waals surface area contributed by atoms with Crippen molar-refractivity contribution >= 4 is 28.3 Å². The first-order valence-electron chi connectivity index (χ1n) is 3.54. The monoisotopic (exact) mass is 266 g/mol. The second kappa shape index (κ2) is 6.21. The van der Waals surface area contributed by atoms with E-state index in [1.807, 2.05) is 18.2 Å². The van der Waals surface area contributed by atoms with Crippen molar-refractivity contribution in [3.8, 4) is 5.75 Å². The predicted octanol–water partition coefficient (Wildman–Crippen LogP) is 1.84. The molecule has 0 heterocycles. The summed E-state index contributed by atoms with van der Waals surface area (Å²) in [5.41, 5.74) is 3.62. The Bertz CT molecular complexity index is 270. The summed E-state index contributed by atoms with van der Waals surface area (Å²) < 4.78 is 6.13. The number of benzene rings is 1. The molecular weight excluding hydrogens is 255 g/mol. The van der Waals surface area contributed by atoms with Crippen LogP contribution in [0, 0.1) is 0 Å². The topological polar surface area (TPSA) is 47.3 Å². The van der Waals surface area contributed by atoms with E-state index in [4.69, 9.17) is 10.6 Å². The van der Waals surface area contributed by atoms with Crippen molar-refractivity contribution in [3.05, 3.63) is 28.2 Å². The zero-order chi connectivity index (χ0) is 8.97. The first kappa shape index (κ1) is 12.7. The van der Waals surface area contributed by atoms with E-state index in [9.17, 15) is 0 Å². The summed E-state index contributed by atoms with van der Waals surface area (Å²) in [6, 6.07) is 5.83. The molecule has 1 aromatic carbocycles. The molecule has 0 saturated carbocycles. The zero-order valence-corrected chi connectivity index (χ0v) is 9.61. The Hall–Kier alpha value is -0.290. The minimum atomic E-state index is 0. The van der Waals surface area contributed by atoms with Crippen LogP contribution in [0.2, 0.25) is 0 Å². The molecule has 0 spiro atoms. The smallest absolute Gasteiger partial charge is 0.137 e. The molecule has 13 heavy (non-hydrogen) atoms. The number of methoxy groups -OCH3 is 1. The number of para-hydroxylation sites is 1. The molecular formula is C8H12BrClN2O. The molecule has 0 unspecified atom stereocenters. The van der Waals surface area contributed by atoms with Crippen molar-refractivity contribution in [1.82, 2.24) is 5.43 Å². The molecule has 1 aromatic rings. The molecule has 0 radical (unpaired) electrons. The van der Waals surface area contributed by atoms with E-state index in [0.29, 0.717) is 6.54 Å². The van der Waals surface area contributed by atoms with Crippen LogP contribution >= 0.6 is 28.3 Å². The molecule has 0 aliphatic carbocycles. The van der Waals surface area contributed by atoms with Crippen molar-refractivity contribution in [2.24, 2.45) is 5.84 Å². The molecule has 0 aliphatic rings. The van der Waals surface area contributed by atoms with E-state index in [-0.39, 0.29) is 12.4 Å². The van der Waals surface area contributed by atoms with E-state index in [2.05, 4.69) is 21.4 Å². The standard InChI is InChI=1S/C8H11BrN2O.ClH/c1-12-8-6(5-11-10)3-2-4-7(8)9;/h2-4,11H,5,10H2,1H3;1H. The number of rotatable bonds is 3. The molecule has 0 aliphatic heterocycles. The van der Waals surface area contributed by atoms with Crippen molar-refractivity contribution < 1.29 is 4.74 Å². The largest absolute Gasteiger partial charge is 0.495 e. The molecule has 0 atom stereocenters. The number of hydrogen-bond donors (Lipinski definition) is 2. The fraction of sp³-hybridized carbons (Fsp3) is 0.250. The molecule has 1 rings (SSSR count). The van der Waals surface area contributed by atoms with E-state index in [1.54, 1.807) is 7.11 Å². The van der Waals surface area contributed by atoms with Gasteiger partial charge in [-0.05, 0) is 22.0 Å². The van der Waals surface area contributed by atoms with E-state index >= 15 is 0 Å². The molecule has 5 heteroatoms. The van der Waals surface area contributed by atoms with Crippen LogP contribution in [0.3, 0.4) is 0 Å². The number of hydrogen-bond acceptors (Lipinski definition) is 3. The maximum atomic E-state index is 5.21. The van der Waals surface area contributed by atoms with E-state index in [1.165, 1.54) is 0 Å². The Morgan fingerprint density at radius 2 is 2.23 bits per heavy atom. The quantitative estimate of drug-likeness (QED) is 0.649. The van der Waals surface area contributed by atoms with Crippen molar-refractivity contribution in [2.75, 3.05) is 7.11 Å². The third-order valence-electron chi connectivity index (χ3n) is 1.55. The third kappa shape index (κ3) is 3.15. The van der Waals surface area contributed by atoms with Gasteiger partial charge in [-0.2, -0.15) is 0 Å². The first-order valence-corrected chi connectivity index (χ1v) is 4.33. The summed E-state index contributed by atoms with van der Waals surface area (Å²) in [6.45, 7) is 0.600. The fourth-order valence-corrected chi connectivity index (χ4v) is 1.60. The summed E-state index contributed by atoms with van der Waals surface area (Å²) in [5.74, 6) is 6.04. The zero-order valence-electron chi connectivity index (χ0n) is 7.21. The molecule has 0 aromatic heterocycles. The third-order valence-corrected chi connectivity index (χ3v) is 2.17. The Labute approximate surface area is 92.2 Å². The molecule has 0 amide bonds. The van der Waals surface area contributed by atoms with Gasteiger partial charge in [0.25, 0.3) is 0 Å². The maximum Gasteiger partial charge on any atom is 0.137 e. The van der Waals surface area contributed by atoms with Gasteiger partial charge in [0.05, 0.1) is 11.6 Å². The summed E-state index contributed by atoms with van der Waals surface area (Å²) in [4.78, 5) is 0. The van der Waals surface area contributed by atoms with Gasteiger partial charge in [0.2, 0.25) is 0 Å². The summed E-state index contributed by atoms with van der Waals surface area (Å²) >= 11 is 3.38. The van der Waals surface area contributed by atoms with Crippen LogP contribution in [-0.2, 0) is 6.54 Å². The average molecular weight is 268 g/mol. The van der Waals surface area contributed by atoms with Gasteiger partial charge in [-0.25, -0.2) is 0 Å². The minimum absolute atomic E-state index is 0. The Morgan fingerprint density at radius 3 is 2.77 bits per heavy atom. The van der Waals surface area contributed by atoms with Crippen LogP contribution in [0.15, 0.2) is 22.7 Å². The Kier molecular flexibility index (Phi) is 6.07. The molecule has 74 valence electrons.